The highest BCUT2D eigenvalue weighted by Crippen LogP contribution is 2.28. The molecule has 0 bridgehead atoms. The smallest absolute Gasteiger partial charge is 0.264 e. The Morgan fingerprint density at radius 1 is 0.950 bits per heavy atom. The van der Waals surface area contributed by atoms with Gasteiger partial charge in [-0.2, -0.15) is 0 Å². The lowest BCUT2D eigenvalue weighted by Crippen LogP contribution is -2.52. The monoisotopic (exact) mass is 565 g/mol. The van der Waals surface area contributed by atoms with Crippen LogP contribution < -0.4 is 14.4 Å². The van der Waals surface area contributed by atoms with Gasteiger partial charge in [-0.05, 0) is 75.6 Å². The Kier molecular flexibility index (Phi) is 10.3. The molecule has 0 heterocycles. The van der Waals surface area contributed by atoms with Gasteiger partial charge in [0.1, 0.15) is 18.3 Å². The van der Waals surface area contributed by atoms with Crippen LogP contribution in [-0.2, 0) is 26.2 Å². The van der Waals surface area contributed by atoms with Gasteiger partial charge in [-0.15, -0.1) is 0 Å². The summed E-state index contributed by atoms with van der Waals surface area (Å²) in [5, 5.41) is 2.94. The van der Waals surface area contributed by atoms with E-state index < -0.39 is 28.5 Å². The Bertz CT molecular complexity index is 1430. The van der Waals surface area contributed by atoms with E-state index in [-0.39, 0.29) is 23.4 Å². The number of sulfonamides is 1. The van der Waals surface area contributed by atoms with Crippen LogP contribution in [0.15, 0.2) is 77.7 Å². The molecule has 0 fully saturated rings. The topological polar surface area (TPSA) is 96.0 Å². The van der Waals surface area contributed by atoms with Crippen LogP contribution in [0.3, 0.4) is 0 Å². The highest BCUT2D eigenvalue weighted by atomic mass is 32.2. The van der Waals surface area contributed by atoms with Gasteiger partial charge in [0.25, 0.3) is 10.0 Å². The van der Waals surface area contributed by atoms with Crippen molar-refractivity contribution in [3.63, 3.8) is 0 Å². The van der Waals surface area contributed by atoms with Gasteiger partial charge in [-0.1, -0.05) is 55.0 Å². The fourth-order valence-electron chi connectivity index (χ4n) is 4.33. The predicted octanol–water partition coefficient (Wildman–Crippen LogP) is 4.84. The van der Waals surface area contributed by atoms with Crippen LogP contribution in [0, 0.1) is 13.8 Å². The Morgan fingerprint density at radius 2 is 1.65 bits per heavy atom. The molecule has 8 nitrogen and oxygen atoms in total. The van der Waals surface area contributed by atoms with Gasteiger partial charge >= 0.3 is 0 Å². The van der Waals surface area contributed by atoms with Gasteiger partial charge in [-0.25, -0.2) is 8.42 Å². The van der Waals surface area contributed by atoms with E-state index in [0.717, 1.165) is 21.9 Å². The van der Waals surface area contributed by atoms with Crippen LogP contribution in [0.2, 0.25) is 0 Å². The SMILES string of the molecule is CC[C@H](C)NC(=O)[C@H](C)N(Cc1cccc(OC)c1)C(=O)CN(c1ccc(C)cc1C)S(=O)(=O)c1ccccc1. The van der Waals surface area contributed by atoms with Crippen molar-refractivity contribution < 1.29 is 22.7 Å². The maximum absolute atomic E-state index is 14.1. The number of nitrogens with one attached hydrogen (secondary N) is 1. The minimum atomic E-state index is -4.11. The van der Waals surface area contributed by atoms with Crippen molar-refractivity contribution in [2.45, 2.75) is 64.6 Å². The number of carbonyl (C=O) groups excluding carboxylic acids is 2. The lowest BCUT2D eigenvalue weighted by molar-refractivity contribution is -0.139. The zero-order valence-electron chi connectivity index (χ0n) is 24.0. The van der Waals surface area contributed by atoms with E-state index in [1.54, 1.807) is 50.4 Å². The van der Waals surface area contributed by atoms with Crippen molar-refractivity contribution in [1.82, 2.24) is 10.2 Å². The molecule has 2 atom stereocenters. The Hall–Kier alpha value is -3.85. The largest absolute Gasteiger partial charge is 0.497 e. The van der Waals surface area contributed by atoms with Crippen molar-refractivity contribution in [3.8, 4) is 5.75 Å². The molecule has 0 aliphatic rings. The normalized spacial score (nSPS) is 12.8. The summed E-state index contributed by atoms with van der Waals surface area (Å²) < 4.78 is 34.3. The van der Waals surface area contributed by atoms with Crippen molar-refractivity contribution in [1.29, 1.82) is 0 Å². The molecule has 214 valence electrons. The molecular formula is C31H39N3O5S. The molecule has 0 unspecified atom stereocenters. The Morgan fingerprint density at radius 3 is 2.27 bits per heavy atom. The summed E-state index contributed by atoms with van der Waals surface area (Å²) in [7, 11) is -2.55. The third kappa shape index (κ3) is 7.41. The van der Waals surface area contributed by atoms with Gasteiger partial charge in [0.15, 0.2) is 0 Å². The van der Waals surface area contributed by atoms with Crippen LogP contribution in [0.4, 0.5) is 5.69 Å². The number of rotatable bonds is 12. The van der Waals surface area contributed by atoms with Crippen molar-refractivity contribution in [2.24, 2.45) is 0 Å². The number of ether oxygens (including phenoxy) is 1. The minimum absolute atomic E-state index is 0.0738. The molecule has 3 rings (SSSR count). The van der Waals surface area contributed by atoms with Crippen molar-refractivity contribution >= 4 is 27.5 Å². The summed E-state index contributed by atoms with van der Waals surface area (Å²) >= 11 is 0. The van der Waals surface area contributed by atoms with E-state index in [4.69, 9.17) is 4.74 Å². The summed E-state index contributed by atoms with van der Waals surface area (Å²) in [4.78, 5) is 28.7. The fraction of sp³-hybridized carbons (Fsp3) is 0.355. The number of hydrogen-bond donors (Lipinski definition) is 1. The number of nitrogens with zero attached hydrogens (tertiary/aromatic N) is 2. The van der Waals surface area contributed by atoms with Crippen molar-refractivity contribution in [3.05, 3.63) is 89.5 Å². The second-order valence-electron chi connectivity index (χ2n) is 9.98. The first-order chi connectivity index (χ1) is 19.0. The highest BCUT2D eigenvalue weighted by Gasteiger charge is 2.33. The molecule has 3 aromatic rings. The summed E-state index contributed by atoms with van der Waals surface area (Å²) in [6.45, 7) is 8.87. The standard InChI is InChI=1S/C31H39N3O5S/c1-7-24(4)32-31(36)25(5)33(20-26-12-11-13-27(19-26)39-6)30(35)21-34(29-17-16-22(2)18-23(29)3)40(37,38)28-14-9-8-10-15-28/h8-19,24-25H,7,20-21H2,1-6H3,(H,32,36)/t24-,25-/m0/s1. The molecule has 0 saturated carbocycles. The molecule has 0 radical (unpaired) electrons. The molecule has 1 N–H and O–H groups in total. The number of amides is 2. The van der Waals surface area contributed by atoms with Crippen LogP contribution in [-0.4, -0.2) is 50.9 Å². The van der Waals surface area contributed by atoms with Crippen LogP contribution in [0.1, 0.15) is 43.9 Å². The summed E-state index contributed by atoms with van der Waals surface area (Å²) in [6.07, 6.45) is 0.734. The predicted molar refractivity (Wildman–Crippen MR) is 158 cm³/mol. The van der Waals surface area contributed by atoms with Gasteiger partial charge in [-0.3, -0.25) is 13.9 Å². The quantitative estimate of drug-likeness (QED) is 0.339. The molecule has 3 aromatic carbocycles. The van der Waals surface area contributed by atoms with Gasteiger partial charge in [0.2, 0.25) is 11.8 Å². The second-order valence-corrected chi connectivity index (χ2v) is 11.8. The first-order valence-electron chi connectivity index (χ1n) is 13.4. The lowest BCUT2D eigenvalue weighted by Gasteiger charge is -2.33. The number of hydrogen-bond acceptors (Lipinski definition) is 5. The average Bonchev–Trinajstić information content (AvgIpc) is 2.94. The molecule has 2 amide bonds. The number of carbonyl (C=O) groups is 2. The first-order valence-corrected chi connectivity index (χ1v) is 14.8. The van der Waals surface area contributed by atoms with E-state index >= 15 is 0 Å². The highest BCUT2D eigenvalue weighted by molar-refractivity contribution is 7.92. The number of methoxy groups -OCH3 is 1. The van der Waals surface area contributed by atoms with Crippen molar-refractivity contribution in [2.75, 3.05) is 18.0 Å². The van der Waals surface area contributed by atoms with Crippen LogP contribution in [0.25, 0.3) is 0 Å². The molecular weight excluding hydrogens is 526 g/mol. The third-order valence-corrected chi connectivity index (χ3v) is 8.66. The average molecular weight is 566 g/mol. The first kappa shape index (κ1) is 30.7. The molecule has 0 spiro atoms. The Labute approximate surface area is 238 Å². The summed E-state index contributed by atoms with van der Waals surface area (Å²) in [5.74, 6) is -0.200. The third-order valence-electron chi connectivity index (χ3n) is 6.89. The van der Waals surface area contributed by atoms with Crippen LogP contribution in [0.5, 0.6) is 5.75 Å². The number of aryl methyl sites for hydroxylation is 2. The molecule has 9 heteroatoms. The zero-order valence-corrected chi connectivity index (χ0v) is 24.9. The van der Waals surface area contributed by atoms with Gasteiger partial charge < -0.3 is 15.0 Å². The Balaban J connectivity index is 2.05. The lowest BCUT2D eigenvalue weighted by atomic mass is 10.1. The second kappa shape index (κ2) is 13.5. The van der Waals surface area contributed by atoms with Gasteiger partial charge in [0.05, 0.1) is 17.7 Å². The van der Waals surface area contributed by atoms with Gasteiger partial charge in [0, 0.05) is 12.6 Å². The molecule has 0 aliphatic carbocycles. The summed E-state index contributed by atoms with van der Waals surface area (Å²) in [6, 6.07) is 19.7. The molecule has 0 aliphatic heterocycles. The molecule has 0 aromatic heterocycles. The minimum Gasteiger partial charge on any atom is -0.497 e. The maximum atomic E-state index is 14.1. The van der Waals surface area contributed by atoms with Crippen LogP contribution >= 0.6 is 0 Å². The fourth-order valence-corrected chi connectivity index (χ4v) is 5.83. The maximum Gasteiger partial charge on any atom is 0.264 e. The zero-order chi connectivity index (χ0) is 29.4. The van der Waals surface area contributed by atoms with E-state index in [2.05, 4.69) is 5.32 Å². The number of anilines is 1. The molecule has 40 heavy (non-hydrogen) atoms. The van der Waals surface area contributed by atoms with E-state index in [1.807, 2.05) is 52.0 Å². The van der Waals surface area contributed by atoms with E-state index in [9.17, 15) is 18.0 Å². The van der Waals surface area contributed by atoms with E-state index in [0.29, 0.717) is 17.0 Å². The number of benzene rings is 3. The van der Waals surface area contributed by atoms with E-state index in [1.165, 1.54) is 17.0 Å². The molecule has 0 saturated heterocycles. The summed E-state index contributed by atoms with van der Waals surface area (Å²) in [5.41, 5.74) is 2.84.